The highest BCUT2D eigenvalue weighted by Gasteiger charge is 2.27. The van der Waals surface area contributed by atoms with Crippen LogP contribution < -0.4 is 0 Å². The SMILES string of the molecule is CC1OCC(O)C(CO)O1. The average Bonchev–Trinajstić information content (AvgIpc) is 1.94. The van der Waals surface area contributed by atoms with Gasteiger partial charge >= 0.3 is 0 Å². The minimum Gasteiger partial charge on any atom is -0.394 e. The molecule has 0 aliphatic carbocycles. The molecule has 0 aromatic heterocycles. The number of aliphatic hydroxyl groups excluding tert-OH is 2. The van der Waals surface area contributed by atoms with Crippen molar-refractivity contribution in [1.29, 1.82) is 0 Å². The molecule has 4 nitrogen and oxygen atoms in total. The highest BCUT2D eigenvalue weighted by Crippen LogP contribution is 2.11. The number of hydrogen-bond acceptors (Lipinski definition) is 4. The molecule has 0 aromatic carbocycles. The average molecular weight is 148 g/mol. The normalized spacial score (nSPS) is 41.7. The van der Waals surface area contributed by atoms with Gasteiger partial charge in [-0.25, -0.2) is 0 Å². The molecule has 4 heteroatoms. The summed E-state index contributed by atoms with van der Waals surface area (Å²) in [5.74, 6) is 0. The molecule has 1 rings (SSSR count). The summed E-state index contributed by atoms with van der Waals surface area (Å²) in [6.45, 7) is 1.82. The third kappa shape index (κ3) is 1.67. The molecule has 3 unspecified atom stereocenters. The summed E-state index contributed by atoms with van der Waals surface area (Å²) in [4.78, 5) is 0. The minimum atomic E-state index is -0.693. The van der Waals surface area contributed by atoms with E-state index in [1.807, 2.05) is 0 Å². The fourth-order valence-electron chi connectivity index (χ4n) is 0.882. The van der Waals surface area contributed by atoms with Crippen LogP contribution in [0, 0.1) is 0 Å². The maximum atomic E-state index is 9.08. The largest absolute Gasteiger partial charge is 0.394 e. The molecule has 1 aliphatic heterocycles. The topological polar surface area (TPSA) is 58.9 Å². The van der Waals surface area contributed by atoms with E-state index in [-0.39, 0.29) is 19.5 Å². The van der Waals surface area contributed by atoms with E-state index in [0.717, 1.165) is 0 Å². The van der Waals surface area contributed by atoms with Gasteiger partial charge in [0.2, 0.25) is 0 Å². The van der Waals surface area contributed by atoms with Gasteiger partial charge in [-0.1, -0.05) is 0 Å². The van der Waals surface area contributed by atoms with E-state index in [1.165, 1.54) is 0 Å². The summed E-state index contributed by atoms with van der Waals surface area (Å²) < 4.78 is 9.96. The molecule has 0 radical (unpaired) electrons. The summed E-state index contributed by atoms with van der Waals surface area (Å²) in [5.41, 5.74) is 0. The van der Waals surface area contributed by atoms with Crippen LogP contribution in [0.2, 0.25) is 0 Å². The maximum Gasteiger partial charge on any atom is 0.155 e. The van der Waals surface area contributed by atoms with Crippen molar-refractivity contribution in [3.63, 3.8) is 0 Å². The minimum absolute atomic E-state index is 0.158. The Hall–Kier alpha value is -0.160. The molecule has 60 valence electrons. The standard InChI is InChI=1S/C6H12O4/c1-4-9-3-5(8)6(2-7)10-4/h4-8H,2-3H2,1H3. The van der Waals surface area contributed by atoms with Crippen molar-refractivity contribution in [3.8, 4) is 0 Å². The van der Waals surface area contributed by atoms with E-state index in [2.05, 4.69) is 0 Å². The smallest absolute Gasteiger partial charge is 0.155 e. The van der Waals surface area contributed by atoms with Crippen molar-refractivity contribution in [2.24, 2.45) is 0 Å². The molecule has 1 aliphatic rings. The van der Waals surface area contributed by atoms with Gasteiger partial charge in [-0.05, 0) is 6.92 Å². The van der Waals surface area contributed by atoms with Crippen molar-refractivity contribution in [2.75, 3.05) is 13.2 Å². The van der Waals surface area contributed by atoms with E-state index < -0.39 is 12.2 Å². The Balaban J connectivity index is 2.38. The second-order valence-corrected chi connectivity index (χ2v) is 2.33. The molecule has 0 saturated carbocycles. The van der Waals surface area contributed by atoms with E-state index in [0.29, 0.717) is 0 Å². The molecule has 1 heterocycles. The molecule has 1 fully saturated rings. The molecule has 0 aromatic rings. The van der Waals surface area contributed by atoms with Crippen molar-refractivity contribution < 1.29 is 19.7 Å². The van der Waals surface area contributed by atoms with Crippen LogP contribution in [-0.2, 0) is 9.47 Å². The Labute approximate surface area is 59.4 Å². The van der Waals surface area contributed by atoms with Crippen molar-refractivity contribution in [2.45, 2.75) is 25.4 Å². The third-order valence-electron chi connectivity index (χ3n) is 1.48. The lowest BCUT2D eigenvalue weighted by Crippen LogP contribution is -2.44. The Morgan fingerprint density at radius 3 is 2.80 bits per heavy atom. The quantitative estimate of drug-likeness (QED) is 0.506. The summed E-state index contributed by atoms with van der Waals surface area (Å²) in [6.07, 6.45) is -1.49. The second kappa shape index (κ2) is 3.30. The van der Waals surface area contributed by atoms with Crippen LogP contribution >= 0.6 is 0 Å². The zero-order valence-corrected chi connectivity index (χ0v) is 5.86. The van der Waals surface area contributed by atoms with Crippen LogP contribution in [0.15, 0.2) is 0 Å². The monoisotopic (exact) mass is 148 g/mol. The molecule has 2 N–H and O–H groups in total. The number of aliphatic hydroxyl groups is 2. The van der Waals surface area contributed by atoms with Gasteiger partial charge in [-0.2, -0.15) is 0 Å². The van der Waals surface area contributed by atoms with Crippen molar-refractivity contribution >= 4 is 0 Å². The lowest BCUT2D eigenvalue weighted by molar-refractivity contribution is -0.250. The molecule has 1 saturated heterocycles. The molecule has 3 atom stereocenters. The first-order chi connectivity index (χ1) is 4.74. The highest BCUT2D eigenvalue weighted by molar-refractivity contribution is 4.71. The van der Waals surface area contributed by atoms with Gasteiger partial charge in [0.05, 0.1) is 13.2 Å². The van der Waals surface area contributed by atoms with Crippen LogP contribution in [0.5, 0.6) is 0 Å². The van der Waals surface area contributed by atoms with E-state index in [9.17, 15) is 0 Å². The molecule has 0 bridgehead atoms. The number of hydrogen-bond donors (Lipinski definition) is 2. The van der Waals surface area contributed by atoms with E-state index in [1.54, 1.807) is 6.92 Å². The summed E-state index contributed by atoms with van der Waals surface area (Å²) >= 11 is 0. The van der Waals surface area contributed by atoms with Crippen LogP contribution in [0.4, 0.5) is 0 Å². The first-order valence-corrected chi connectivity index (χ1v) is 3.30. The van der Waals surface area contributed by atoms with Gasteiger partial charge in [0.1, 0.15) is 12.2 Å². The fraction of sp³-hybridized carbons (Fsp3) is 1.00. The molecule has 0 spiro atoms. The first-order valence-electron chi connectivity index (χ1n) is 3.30. The zero-order chi connectivity index (χ0) is 7.56. The predicted molar refractivity (Wildman–Crippen MR) is 33.4 cm³/mol. The zero-order valence-electron chi connectivity index (χ0n) is 5.86. The van der Waals surface area contributed by atoms with Crippen LogP contribution in [0.3, 0.4) is 0 Å². The van der Waals surface area contributed by atoms with E-state index >= 15 is 0 Å². The van der Waals surface area contributed by atoms with Crippen LogP contribution in [0.1, 0.15) is 6.92 Å². The van der Waals surface area contributed by atoms with Gasteiger partial charge in [-0.15, -0.1) is 0 Å². The molecule has 0 amide bonds. The van der Waals surface area contributed by atoms with Gasteiger partial charge < -0.3 is 19.7 Å². The van der Waals surface area contributed by atoms with Gasteiger partial charge in [-0.3, -0.25) is 0 Å². The Kier molecular flexibility index (Phi) is 2.62. The molecule has 10 heavy (non-hydrogen) atoms. The molecular formula is C6H12O4. The summed E-state index contributed by atoms with van der Waals surface area (Å²) in [6, 6.07) is 0. The third-order valence-corrected chi connectivity index (χ3v) is 1.48. The Morgan fingerprint density at radius 1 is 1.60 bits per heavy atom. The number of ether oxygens (including phenoxy) is 2. The summed E-state index contributed by atoms with van der Waals surface area (Å²) in [7, 11) is 0. The van der Waals surface area contributed by atoms with Gasteiger partial charge in [0.15, 0.2) is 6.29 Å². The lowest BCUT2D eigenvalue weighted by atomic mass is 10.2. The predicted octanol–water partition coefficient (Wildman–Crippen LogP) is -0.899. The summed E-state index contributed by atoms with van der Waals surface area (Å²) in [5, 5.41) is 17.7. The molecular weight excluding hydrogens is 136 g/mol. The highest BCUT2D eigenvalue weighted by atomic mass is 16.7. The first kappa shape index (κ1) is 7.94. The fourth-order valence-corrected chi connectivity index (χ4v) is 0.882. The van der Waals surface area contributed by atoms with Crippen LogP contribution in [-0.4, -0.2) is 41.9 Å². The second-order valence-electron chi connectivity index (χ2n) is 2.33. The van der Waals surface area contributed by atoms with Crippen LogP contribution in [0.25, 0.3) is 0 Å². The van der Waals surface area contributed by atoms with E-state index in [4.69, 9.17) is 19.7 Å². The Morgan fingerprint density at radius 2 is 2.30 bits per heavy atom. The maximum absolute atomic E-state index is 9.08. The van der Waals surface area contributed by atoms with Crippen molar-refractivity contribution in [3.05, 3.63) is 0 Å². The van der Waals surface area contributed by atoms with Gasteiger partial charge in [0, 0.05) is 0 Å². The van der Waals surface area contributed by atoms with Crippen molar-refractivity contribution in [1.82, 2.24) is 0 Å². The van der Waals surface area contributed by atoms with Gasteiger partial charge in [0.25, 0.3) is 0 Å². The number of rotatable bonds is 1. The Bertz CT molecular complexity index is 106. The lowest BCUT2D eigenvalue weighted by Gasteiger charge is -2.30.